The van der Waals surface area contributed by atoms with Gasteiger partial charge in [-0.15, -0.1) is 0 Å². The molecule has 0 radical (unpaired) electrons. The third-order valence-electron chi connectivity index (χ3n) is 4.01. The maximum Gasteiger partial charge on any atom is 0.224 e. The maximum absolute atomic E-state index is 12.2. The average molecular weight is 373 g/mol. The summed E-state index contributed by atoms with van der Waals surface area (Å²) in [5.74, 6) is 1.68. The zero-order valence-electron chi connectivity index (χ0n) is 16.2. The van der Waals surface area contributed by atoms with Crippen molar-refractivity contribution in [1.29, 1.82) is 0 Å². The quantitative estimate of drug-likeness (QED) is 0.644. The fourth-order valence-corrected chi connectivity index (χ4v) is 2.53. The molecule has 2 aromatic rings. The standard InChI is InChI=1S/C19H27N5O3/c1-5-6-7-17(25)23-13-9-14(12(11(2)3)8-15(13)26-4)27-16-10-22-19(21)24-18(16)20/h8-11H,5-7H2,1-4H3,(H,23,25)(H4,20,21,22,24). The summed E-state index contributed by atoms with van der Waals surface area (Å²) in [6.45, 7) is 6.10. The van der Waals surface area contributed by atoms with Gasteiger partial charge in [0.25, 0.3) is 0 Å². The van der Waals surface area contributed by atoms with Crippen LogP contribution in [-0.2, 0) is 4.79 Å². The van der Waals surface area contributed by atoms with Gasteiger partial charge >= 0.3 is 0 Å². The number of methoxy groups -OCH3 is 1. The Labute approximate surface area is 159 Å². The number of anilines is 3. The number of nitrogens with zero attached hydrogens (tertiary/aromatic N) is 2. The molecule has 8 heteroatoms. The van der Waals surface area contributed by atoms with Crippen LogP contribution in [0.2, 0.25) is 0 Å². The molecule has 8 nitrogen and oxygen atoms in total. The van der Waals surface area contributed by atoms with E-state index in [0.29, 0.717) is 29.4 Å². The zero-order chi connectivity index (χ0) is 20.0. The SMILES string of the molecule is CCCCC(=O)Nc1cc(Oc2cnc(N)nc2N)c(C(C)C)cc1OC. The van der Waals surface area contributed by atoms with E-state index in [0.717, 1.165) is 18.4 Å². The fraction of sp³-hybridized carbons (Fsp3) is 0.421. The second-order valence-corrected chi connectivity index (χ2v) is 6.48. The molecule has 1 heterocycles. The van der Waals surface area contributed by atoms with Crippen molar-refractivity contribution in [3.05, 3.63) is 23.9 Å². The summed E-state index contributed by atoms with van der Waals surface area (Å²) in [5, 5.41) is 2.89. The van der Waals surface area contributed by atoms with Gasteiger partial charge in [-0.1, -0.05) is 27.2 Å². The molecule has 1 aromatic heterocycles. The van der Waals surface area contributed by atoms with Crippen LogP contribution in [0.25, 0.3) is 0 Å². The van der Waals surface area contributed by atoms with Crippen LogP contribution in [0.3, 0.4) is 0 Å². The van der Waals surface area contributed by atoms with Crippen molar-refractivity contribution in [2.75, 3.05) is 23.9 Å². The van der Waals surface area contributed by atoms with Gasteiger partial charge in [0.1, 0.15) is 11.5 Å². The van der Waals surface area contributed by atoms with E-state index in [1.54, 1.807) is 13.2 Å². The monoisotopic (exact) mass is 373 g/mol. The molecule has 146 valence electrons. The van der Waals surface area contributed by atoms with Crippen molar-refractivity contribution in [3.8, 4) is 17.2 Å². The molecule has 0 aliphatic heterocycles. The molecule has 0 unspecified atom stereocenters. The summed E-state index contributed by atoms with van der Waals surface area (Å²) < 4.78 is 11.4. The molecule has 0 spiro atoms. The molecular weight excluding hydrogens is 346 g/mol. The topological polar surface area (TPSA) is 125 Å². The molecule has 5 N–H and O–H groups in total. The molecule has 1 aromatic carbocycles. The van der Waals surface area contributed by atoms with Crippen LogP contribution < -0.4 is 26.3 Å². The number of carbonyl (C=O) groups excluding carboxylic acids is 1. The number of nitrogen functional groups attached to an aromatic ring is 2. The summed E-state index contributed by atoms with van der Waals surface area (Å²) in [7, 11) is 1.56. The van der Waals surface area contributed by atoms with Crippen molar-refractivity contribution in [1.82, 2.24) is 9.97 Å². The molecule has 2 rings (SSSR count). The van der Waals surface area contributed by atoms with Crippen LogP contribution in [0, 0.1) is 0 Å². The van der Waals surface area contributed by atoms with Crippen LogP contribution in [0.4, 0.5) is 17.5 Å². The zero-order valence-corrected chi connectivity index (χ0v) is 16.2. The van der Waals surface area contributed by atoms with Gasteiger partial charge in [-0.2, -0.15) is 4.98 Å². The van der Waals surface area contributed by atoms with E-state index in [2.05, 4.69) is 15.3 Å². The minimum atomic E-state index is -0.0753. The van der Waals surface area contributed by atoms with Crippen molar-refractivity contribution < 1.29 is 14.3 Å². The van der Waals surface area contributed by atoms with Crippen molar-refractivity contribution in [2.45, 2.75) is 46.0 Å². The third-order valence-corrected chi connectivity index (χ3v) is 4.01. The minimum Gasteiger partial charge on any atom is -0.495 e. The Hall–Kier alpha value is -3.03. The first kappa shape index (κ1) is 20.3. The average Bonchev–Trinajstić information content (AvgIpc) is 2.62. The predicted octanol–water partition coefficient (Wildman–Crippen LogP) is 3.69. The number of hydrogen-bond donors (Lipinski definition) is 3. The predicted molar refractivity (Wildman–Crippen MR) is 106 cm³/mol. The summed E-state index contributed by atoms with van der Waals surface area (Å²) in [5.41, 5.74) is 12.8. The van der Waals surface area contributed by atoms with Gasteiger partial charge in [0.15, 0.2) is 11.6 Å². The number of nitrogens with one attached hydrogen (secondary N) is 1. The minimum absolute atomic E-state index is 0.0718. The first-order valence-corrected chi connectivity index (χ1v) is 8.93. The molecule has 0 bridgehead atoms. The summed E-state index contributed by atoms with van der Waals surface area (Å²) in [4.78, 5) is 20.0. The van der Waals surface area contributed by atoms with Crippen molar-refractivity contribution in [3.63, 3.8) is 0 Å². The highest BCUT2D eigenvalue weighted by atomic mass is 16.5. The summed E-state index contributed by atoms with van der Waals surface area (Å²) in [6, 6.07) is 3.58. The number of unbranched alkanes of at least 4 members (excludes halogenated alkanes) is 1. The number of hydrogen-bond acceptors (Lipinski definition) is 7. The van der Waals surface area contributed by atoms with Gasteiger partial charge in [-0.25, -0.2) is 4.98 Å². The Morgan fingerprint density at radius 3 is 2.56 bits per heavy atom. The first-order valence-electron chi connectivity index (χ1n) is 8.93. The van der Waals surface area contributed by atoms with Crippen LogP contribution >= 0.6 is 0 Å². The Morgan fingerprint density at radius 2 is 1.96 bits per heavy atom. The Balaban J connectivity index is 2.41. The number of rotatable bonds is 8. The largest absolute Gasteiger partial charge is 0.495 e. The maximum atomic E-state index is 12.2. The lowest BCUT2D eigenvalue weighted by Crippen LogP contribution is -2.12. The highest BCUT2D eigenvalue weighted by molar-refractivity contribution is 5.92. The van der Waals surface area contributed by atoms with E-state index in [-0.39, 0.29) is 23.6 Å². The fourth-order valence-electron chi connectivity index (χ4n) is 2.53. The molecular formula is C19H27N5O3. The number of amides is 1. The van der Waals surface area contributed by atoms with Crippen molar-refractivity contribution in [2.24, 2.45) is 0 Å². The van der Waals surface area contributed by atoms with E-state index in [1.807, 2.05) is 26.8 Å². The highest BCUT2D eigenvalue weighted by Gasteiger charge is 2.18. The number of benzene rings is 1. The molecule has 0 fully saturated rings. The van der Waals surface area contributed by atoms with Crippen molar-refractivity contribution >= 4 is 23.4 Å². The summed E-state index contributed by atoms with van der Waals surface area (Å²) in [6.07, 6.45) is 3.63. The normalized spacial score (nSPS) is 10.7. The van der Waals surface area contributed by atoms with Gasteiger partial charge in [-0.05, 0) is 18.4 Å². The van der Waals surface area contributed by atoms with E-state index in [1.165, 1.54) is 6.20 Å². The Kier molecular flexibility index (Phi) is 6.81. The van der Waals surface area contributed by atoms with Gasteiger partial charge < -0.3 is 26.3 Å². The lowest BCUT2D eigenvalue weighted by molar-refractivity contribution is -0.116. The number of ether oxygens (including phenoxy) is 2. The van der Waals surface area contributed by atoms with E-state index in [4.69, 9.17) is 20.9 Å². The molecule has 27 heavy (non-hydrogen) atoms. The molecule has 0 saturated heterocycles. The molecule has 0 aliphatic rings. The molecule has 0 aliphatic carbocycles. The second-order valence-electron chi connectivity index (χ2n) is 6.48. The summed E-state index contributed by atoms with van der Waals surface area (Å²) >= 11 is 0. The number of nitrogens with two attached hydrogens (primary N) is 2. The molecule has 0 atom stereocenters. The molecule has 0 saturated carbocycles. The van der Waals surface area contributed by atoms with Gasteiger partial charge in [0, 0.05) is 18.1 Å². The van der Waals surface area contributed by atoms with Crippen LogP contribution in [-0.4, -0.2) is 23.0 Å². The highest BCUT2D eigenvalue weighted by Crippen LogP contribution is 2.39. The molecule has 1 amide bonds. The van der Waals surface area contributed by atoms with E-state index < -0.39 is 0 Å². The Bertz CT molecular complexity index is 808. The third kappa shape index (κ3) is 5.22. The Morgan fingerprint density at radius 1 is 1.22 bits per heavy atom. The van der Waals surface area contributed by atoms with Crippen LogP contribution in [0.5, 0.6) is 17.2 Å². The lowest BCUT2D eigenvalue weighted by atomic mass is 10.0. The van der Waals surface area contributed by atoms with Gasteiger partial charge in [0.2, 0.25) is 11.9 Å². The smallest absolute Gasteiger partial charge is 0.224 e. The number of carbonyl (C=O) groups is 1. The number of aromatic nitrogens is 2. The first-order chi connectivity index (χ1) is 12.8. The van der Waals surface area contributed by atoms with Gasteiger partial charge in [0.05, 0.1) is 19.0 Å². The van der Waals surface area contributed by atoms with Gasteiger partial charge in [-0.3, -0.25) is 4.79 Å². The van der Waals surface area contributed by atoms with E-state index >= 15 is 0 Å². The van der Waals surface area contributed by atoms with E-state index in [9.17, 15) is 4.79 Å². The second kappa shape index (κ2) is 9.07. The lowest BCUT2D eigenvalue weighted by Gasteiger charge is -2.19. The van der Waals surface area contributed by atoms with Crippen LogP contribution in [0.1, 0.15) is 51.5 Å². The van der Waals surface area contributed by atoms with Crippen LogP contribution in [0.15, 0.2) is 18.3 Å².